The van der Waals surface area contributed by atoms with Crippen LogP contribution in [0.2, 0.25) is 5.02 Å². The van der Waals surface area contributed by atoms with Crippen LogP contribution in [0.5, 0.6) is 11.5 Å². The zero-order valence-electron chi connectivity index (χ0n) is 21.1. The summed E-state index contributed by atoms with van der Waals surface area (Å²) in [5.74, 6) is 0.631. The van der Waals surface area contributed by atoms with Crippen molar-refractivity contribution in [2.24, 2.45) is 0 Å². The van der Waals surface area contributed by atoms with Crippen LogP contribution in [-0.4, -0.2) is 59.9 Å². The maximum atomic E-state index is 13.6. The van der Waals surface area contributed by atoms with Gasteiger partial charge in [0.15, 0.2) is 11.5 Å². The number of halogens is 1. The minimum Gasteiger partial charge on any atom is -0.493 e. The Morgan fingerprint density at radius 3 is 2.50 bits per heavy atom. The number of nitro groups is 1. The zero-order valence-corrected chi connectivity index (χ0v) is 22.7. The summed E-state index contributed by atoms with van der Waals surface area (Å²) in [6.07, 6.45) is 2.15. The standard InChI is InChI=1S/C27H28ClN3O6S/c1-36-24-10-5-18(14-25(24)37-2)11-12-29(16-21-4-3-13-38-21)26(32)17-30(20-7-8-20)27(33)19-6-9-22(28)23(15-19)31(34)35/h3-6,9-10,13-15,20H,7-8,11-12,16-17H2,1-2H3. The number of nitrogens with zero attached hydrogens (tertiary/aromatic N) is 3. The number of hydrogen-bond donors (Lipinski definition) is 0. The first-order valence-corrected chi connectivity index (χ1v) is 13.3. The van der Waals surface area contributed by atoms with E-state index in [1.54, 1.807) is 30.5 Å². The molecule has 0 spiro atoms. The van der Waals surface area contributed by atoms with Gasteiger partial charge in [-0.25, -0.2) is 0 Å². The van der Waals surface area contributed by atoms with Crippen molar-refractivity contribution < 1.29 is 24.0 Å². The first-order valence-electron chi connectivity index (χ1n) is 12.1. The molecule has 0 bridgehead atoms. The molecule has 1 aromatic heterocycles. The Bertz CT molecular complexity index is 1310. The molecule has 1 aliphatic carbocycles. The number of benzene rings is 2. The van der Waals surface area contributed by atoms with Crippen molar-refractivity contribution in [2.45, 2.75) is 31.8 Å². The van der Waals surface area contributed by atoms with Crippen LogP contribution in [0.3, 0.4) is 0 Å². The maximum Gasteiger partial charge on any atom is 0.288 e. The normalized spacial score (nSPS) is 12.6. The zero-order chi connectivity index (χ0) is 27.2. The second-order valence-electron chi connectivity index (χ2n) is 8.92. The molecule has 38 heavy (non-hydrogen) atoms. The lowest BCUT2D eigenvalue weighted by molar-refractivity contribution is -0.384. The predicted molar refractivity (Wildman–Crippen MR) is 145 cm³/mol. The summed E-state index contributed by atoms with van der Waals surface area (Å²) in [7, 11) is 3.15. The summed E-state index contributed by atoms with van der Waals surface area (Å²) in [6.45, 7) is 0.742. The number of methoxy groups -OCH3 is 2. The summed E-state index contributed by atoms with van der Waals surface area (Å²) in [5.41, 5.74) is 0.778. The van der Waals surface area contributed by atoms with E-state index in [9.17, 15) is 19.7 Å². The van der Waals surface area contributed by atoms with Gasteiger partial charge in [-0.1, -0.05) is 23.7 Å². The fourth-order valence-corrected chi connectivity index (χ4v) is 5.04. The first kappa shape index (κ1) is 27.4. The van der Waals surface area contributed by atoms with Crippen molar-refractivity contribution in [2.75, 3.05) is 27.3 Å². The monoisotopic (exact) mass is 557 g/mol. The Kier molecular flexibility index (Phi) is 8.85. The van der Waals surface area contributed by atoms with E-state index in [2.05, 4.69) is 0 Å². The van der Waals surface area contributed by atoms with Crippen LogP contribution in [0.25, 0.3) is 0 Å². The van der Waals surface area contributed by atoms with E-state index in [-0.39, 0.29) is 34.8 Å². The van der Waals surface area contributed by atoms with Gasteiger partial charge < -0.3 is 19.3 Å². The van der Waals surface area contributed by atoms with Crippen molar-refractivity contribution in [3.05, 3.63) is 85.1 Å². The van der Waals surface area contributed by atoms with Gasteiger partial charge >= 0.3 is 0 Å². The molecular formula is C27H28ClN3O6S. The van der Waals surface area contributed by atoms with Crippen LogP contribution in [-0.2, 0) is 17.8 Å². The highest BCUT2D eigenvalue weighted by Crippen LogP contribution is 2.31. The topological polar surface area (TPSA) is 102 Å². The molecular weight excluding hydrogens is 530 g/mol. The number of carbonyl (C=O) groups excluding carboxylic acids is 2. The fraction of sp³-hybridized carbons (Fsp3) is 0.333. The third-order valence-corrected chi connectivity index (χ3v) is 7.52. The van der Waals surface area contributed by atoms with Crippen LogP contribution in [0.4, 0.5) is 5.69 Å². The van der Waals surface area contributed by atoms with Crippen LogP contribution in [0.1, 0.15) is 33.6 Å². The van der Waals surface area contributed by atoms with Gasteiger partial charge in [0.2, 0.25) is 5.91 Å². The highest BCUT2D eigenvalue weighted by molar-refractivity contribution is 7.09. The van der Waals surface area contributed by atoms with E-state index in [4.69, 9.17) is 21.1 Å². The second kappa shape index (κ2) is 12.3. The maximum absolute atomic E-state index is 13.6. The summed E-state index contributed by atoms with van der Waals surface area (Å²) in [5, 5.41) is 13.2. The SMILES string of the molecule is COc1ccc(CCN(Cc2cccs2)C(=O)CN(C(=O)c2ccc(Cl)c([N+](=O)[O-])c2)C2CC2)cc1OC. The first-order chi connectivity index (χ1) is 18.3. The average molecular weight is 558 g/mol. The molecule has 0 radical (unpaired) electrons. The summed E-state index contributed by atoms with van der Waals surface area (Å²) < 4.78 is 10.7. The van der Waals surface area contributed by atoms with Gasteiger partial charge in [0, 0.05) is 29.1 Å². The Labute approximate surface area is 229 Å². The molecule has 2 aromatic carbocycles. The van der Waals surface area contributed by atoms with Crippen molar-refractivity contribution in [1.82, 2.24) is 9.80 Å². The average Bonchev–Trinajstić information content (AvgIpc) is 3.63. The minimum absolute atomic E-state index is 0.0436. The van der Waals surface area contributed by atoms with Crippen molar-refractivity contribution in [3.8, 4) is 11.5 Å². The Hall–Kier alpha value is -3.63. The molecule has 4 rings (SSSR count). The van der Waals surface area contributed by atoms with Gasteiger partial charge in [0.1, 0.15) is 11.6 Å². The number of ether oxygens (including phenoxy) is 2. The second-order valence-corrected chi connectivity index (χ2v) is 10.4. The Balaban J connectivity index is 1.52. The van der Waals surface area contributed by atoms with Gasteiger partial charge in [-0.2, -0.15) is 0 Å². The summed E-state index contributed by atoms with van der Waals surface area (Å²) in [4.78, 5) is 41.9. The molecule has 2 amide bonds. The smallest absolute Gasteiger partial charge is 0.288 e. The molecule has 0 saturated heterocycles. The molecule has 0 aliphatic heterocycles. The van der Waals surface area contributed by atoms with E-state index < -0.39 is 10.8 Å². The molecule has 1 fully saturated rings. The number of rotatable bonds is 12. The van der Waals surface area contributed by atoms with E-state index in [0.717, 1.165) is 23.3 Å². The van der Waals surface area contributed by atoms with Crippen molar-refractivity contribution in [1.29, 1.82) is 0 Å². The Morgan fingerprint density at radius 2 is 1.87 bits per heavy atom. The molecule has 0 unspecified atom stereocenters. The number of carbonyl (C=O) groups is 2. The van der Waals surface area contributed by atoms with Crippen LogP contribution in [0, 0.1) is 10.1 Å². The minimum atomic E-state index is -0.622. The number of nitro benzene ring substituents is 1. The molecule has 9 nitrogen and oxygen atoms in total. The highest BCUT2D eigenvalue weighted by atomic mass is 35.5. The molecule has 1 saturated carbocycles. The largest absolute Gasteiger partial charge is 0.493 e. The lowest BCUT2D eigenvalue weighted by Crippen LogP contribution is -2.44. The Morgan fingerprint density at radius 1 is 1.11 bits per heavy atom. The van der Waals surface area contributed by atoms with E-state index in [1.807, 2.05) is 35.7 Å². The van der Waals surface area contributed by atoms with Crippen molar-refractivity contribution in [3.63, 3.8) is 0 Å². The molecule has 11 heteroatoms. The number of hydrogen-bond acceptors (Lipinski definition) is 7. The van der Waals surface area contributed by atoms with E-state index >= 15 is 0 Å². The molecule has 0 atom stereocenters. The molecule has 1 aliphatic rings. The molecule has 200 valence electrons. The number of amides is 2. The van der Waals surface area contributed by atoms with Gasteiger partial charge in [-0.3, -0.25) is 19.7 Å². The third-order valence-electron chi connectivity index (χ3n) is 6.34. The fourth-order valence-electron chi connectivity index (χ4n) is 4.13. The van der Waals surface area contributed by atoms with Gasteiger partial charge in [0.25, 0.3) is 11.6 Å². The molecule has 1 heterocycles. The summed E-state index contributed by atoms with van der Waals surface area (Å²) >= 11 is 7.48. The molecule has 0 N–H and O–H groups in total. The van der Waals surface area contributed by atoms with Gasteiger partial charge in [-0.15, -0.1) is 11.3 Å². The number of thiophene rings is 1. The van der Waals surface area contributed by atoms with Gasteiger partial charge in [0.05, 0.1) is 25.7 Å². The third kappa shape index (κ3) is 6.62. The van der Waals surface area contributed by atoms with Crippen LogP contribution >= 0.6 is 22.9 Å². The lowest BCUT2D eigenvalue weighted by atomic mass is 10.1. The molecule has 3 aromatic rings. The van der Waals surface area contributed by atoms with Gasteiger partial charge in [-0.05, 0) is 60.5 Å². The van der Waals surface area contributed by atoms with Crippen molar-refractivity contribution >= 4 is 40.4 Å². The quantitative estimate of drug-likeness (QED) is 0.224. The van der Waals surface area contributed by atoms with E-state index in [0.29, 0.717) is 31.0 Å². The van der Waals surface area contributed by atoms with E-state index in [1.165, 1.54) is 23.1 Å². The lowest BCUT2D eigenvalue weighted by Gasteiger charge is -2.28. The van der Waals surface area contributed by atoms with Crippen LogP contribution in [0.15, 0.2) is 53.9 Å². The van der Waals surface area contributed by atoms with Crippen LogP contribution < -0.4 is 9.47 Å². The summed E-state index contributed by atoms with van der Waals surface area (Å²) in [6, 6.07) is 13.5. The highest BCUT2D eigenvalue weighted by Gasteiger charge is 2.36. The predicted octanol–water partition coefficient (Wildman–Crippen LogP) is 5.20.